The summed E-state index contributed by atoms with van der Waals surface area (Å²) in [5.41, 5.74) is 6.16. The van der Waals surface area contributed by atoms with E-state index in [2.05, 4.69) is 30.6 Å². The SMILES string of the molecule is CC(N)C1CCCCN1C1CCN(C(C)C)C1. The third-order valence-corrected chi connectivity index (χ3v) is 4.59. The van der Waals surface area contributed by atoms with E-state index in [1.165, 1.54) is 45.3 Å². The largest absolute Gasteiger partial charge is 0.327 e. The molecule has 0 aromatic rings. The summed E-state index contributed by atoms with van der Waals surface area (Å²) in [4.78, 5) is 5.33. The van der Waals surface area contributed by atoms with E-state index in [-0.39, 0.29) is 0 Å². The number of hydrogen-bond donors (Lipinski definition) is 1. The van der Waals surface area contributed by atoms with Crippen LogP contribution in [0.1, 0.15) is 46.5 Å². The minimum Gasteiger partial charge on any atom is -0.327 e. The summed E-state index contributed by atoms with van der Waals surface area (Å²) < 4.78 is 0. The van der Waals surface area contributed by atoms with Crippen LogP contribution in [-0.4, -0.2) is 53.6 Å². The van der Waals surface area contributed by atoms with Gasteiger partial charge in [0.1, 0.15) is 0 Å². The first-order valence-corrected chi connectivity index (χ1v) is 7.35. The molecule has 3 nitrogen and oxygen atoms in total. The van der Waals surface area contributed by atoms with Crippen LogP contribution in [0.3, 0.4) is 0 Å². The second-order valence-electron chi connectivity index (χ2n) is 6.19. The smallest absolute Gasteiger partial charge is 0.0247 e. The van der Waals surface area contributed by atoms with E-state index >= 15 is 0 Å². The lowest BCUT2D eigenvalue weighted by Gasteiger charge is -2.42. The molecule has 3 heteroatoms. The summed E-state index contributed by atoms with van der Waals surface area (Å²) in [5, 5.41) is 0. The highest BCUT2D eigenvalue weighted by Gasteiger charge is 2.35. The van der Waals surface area contributed by atoms with Crippen LogP contribution in [0, 0.1) is 0 Å². The standard InChI is InChI=1S/C14H29N3/c1-11(2)16-9-7-13(10-16)17-8-5-4-6-14(17)12(3)15/h11-14H,4-10,15H2,1-3H3. The Kier molecular flexibility index (Phi) is 4.45. The van der Waals surface area contributed by atoms with Crippen LogP contribution in [0.25, 0.3) is 0 Å². The molecule has 2 aliphatic rings. The summed E-state index contributed by atoms with van der Waals surface area (Å²) in [6.07, 6.45) is 5.36. The first-order valence-electron chi connectivity index (χ1n) is 7.35. The van der Waals surface area contributed by atoms with Gasteiger partial charge in [0.2, 0.25) is 0 Å². The minimum absolute atomic E-state index is 0.323. The summed E-state index contributed by atoms with van der Waals surface area (Å²) in [6.45, 7) is 10.6. The molecular formula is C14H29N3. The van der Waals surface area contributed by atoms with Crippen molar-refractivity contribution in [1.82, 2.24) is 9.80 Å². The van der Waals surface area contributed by atoms with Gasteiger partial charge in [-0.2, -0.15) is 0 Å². The Bertz CT molecular complexity index is 240. The number of nitrogens with two attached hydrogens (primary N) is 1. The number of likely N-dealkylation sites (tertiary alicyclic amines) is 2. The van der Waals surface area contributed by atoms with Crippen LogP contribution >= 0.6 is 0 Å². The van der Waals surface area contributed by atoms with Crippen LogP contribution in [-0.2, 0) is 0 Å². The Morgan fingerprint density at radius 3 is 2.41 bits per heavy atom. The average molecular weight is 239 g/mol. The maximum absolute atomic E-state index is 6.16. The molecular weight excluding hydrogens is 210 g/mol. The first kappa shape index (κ1) is 13.3. The van der Waals surface area contributed by atoms with Crippen LogP contribution in [0.2, 0.25) is 0 Å². The molecule has 100 valence electrons. The van der Waals surface area contributed by atoms with Gasteiger partial charge in [0.25, 0.3) is 0 Å². The van der Waals surface area contributed by atoms with E-state index in [0.717, 1.165) is 6.04 Å². The summed E-state index contributed by atoms with van der Waals surface area (Å²) >= 11 is 0. The Morgan fingerprint density at radius 1 is 1.06 bits per heavy atom. The summed E-state index contributed by atoms with van der Waals surface area (Å²) in [7, 11) is 0. The monoisotopic (exact) mass is 239 g/mol. The van der Waals surface area contributed by atoms with E-state index in [1.807, 2.05) is 0 Å². The molecule has 2 N–H and O–H groups in total. The highest BCUT2D eigenvalue weighted by Crippen LogP contribution is 2.26. The number of nitrogens with zero attached hydrogens (tertiary/aromatic N) is 2. The van der Waals surface area contributed by atoms with Crippen LogP contribution in [0.4, 0.5) is 0 Å². The molecule has 2 saturated heterocycles. The Hall–Kier alpha value is -0.120. The van der Waals surface area contributed by atoms with Crippen molar-refractivity contribution in [2.75, 3.05) is 19.6 Å². The lowest BCUT2D eigenvalue weighted by molar-refractivity contribution is 0.0816. The second-order valence-corrected chi connectivity index (χ2v) is 6.19. The Balaban J connectivity index is 1.96. The molecule has 0 bridgehead atoms. The molecule has 2 rings (SSSR count). The van der Waals surface area contributed by atoms with Gasteiger partial charge in [0, 0.05) is 37.3 Å². The first-order chi connectivity index (χ1) is 8.09. The van der Waals surface area contributed by atoms with Gasteiger partial charge in [-0.3, -0.25) is 9.80 Å². The molecule has 0 aromatic heterocycles. The van der Waals surface area contributed by atoms with Gasteiger partial charge in [-0.1, -0.05) is 6.42 Å². The fourth-order valence-corrected chi connectivity index (χ4v) is 3.51. The van der Waals surface area contributed by atoms with E-state index < -0.39 is 0 Å². The average Bonchev–Trinajstić information content (AvgIpc) is 2.78. The second kappa shape index (κ2) is 5.68. The van der Waals surface area contributed by atoms with E-state index in [1.54, 1.807) is 0 Å². The van der Waals surface area contributed by atoms with Crippen LogP contribution in [0.15, 0.2) is 0 Å². The number of rotatable bonds is 3. The normalized spacial score (nSPS) is 34.4. The zero-order valence-corrected chi connectivity index (χ0v) is 11.7. The van der Waals surface area contributed by atoms with Crippen molar-refractivity contribution >= 4 is 0 Å². The fourth-order valence-electron chi connectivity index (χ4n) is 3.51. The molecule has 0 aliphatic carbocycles. The van der Waals surface area contributed by atoms with Gasteiger partial charge in [0.15, 0.2) is 0 Å². The van der Waals surface area contributed by atoms with Gasteiger partial charge >= 0.3 is 0 Å². The topological polar surface area (TPSA) is 32.5 Å². The lowest BCUT2D eigenvalue weighted by atomic mass is 9.95. The Morgan fingerprint density at radius 2 is 1.82 bits per heavy atom. The van der Waals surface area contributed by atoms with Crippen molar-refractivity contribution < 1.29 is 0 Å². The van der Waals surface area contributed by atoms with E-state index in [9.17, 15) is 0 Å². The molecule has 3 atom stereocenters. The van der Waals surface area contributed by atoms with Crippen molar-refractivity contribution in [3.05, 3.63) is 0 Å². The quantitative estimate of drug-likeness (QED) is 0.813. The van der Waals surface area contributed by atoms with Crippen molar-refractivity contribution in [3.63, 3.8) is 0 Å². The zero-order valence-electron chi connectivity index (χ0n) is 11.7. The van der Waals surface area contributed by atoms with Gasteiger partial charge in [-0.15, -0.1) is 0 Å². The molecule has 0 radical (unpaired) electrons. The molecule has 2 fully saturated rings. The van der Waals surface area contributed by atoms with Crippen molar-refractivity contribution in [2.24, 2.45) is 5.73 Å². The molecule has 3 unspecified atom stereocenters. The lowest BCUT2D eigenvalue weighted by Crippen LogP contribution is -2.54. The highest BCUT2D eigenvalue weighted by molar-refractivity contribution is 4.92. The molecule has 0 saturated carbocycles. The molecule has 0 spiro atoms. The molecule has 2 aliphatic heterocycles. The van der Waals surface area contributed by atoms with Crippen LogP contribution in [0.5, 0.6) is 0 Å². The molecule has 0 aromatic carbocycles. The van der Waals surface area contributed by atoms with Gasteiger partial charge in [-0.25, -0.2) is 0 Å². The highest BCUT2D eigenvalue weighted by atomic mass is 15.3. The van der Waals surface area contributed by atoms with Crippen molar-refractivity contribution in [3.8, 4) is 0 Å². The molecule has 0 amide bonds. The van der Waals surface area contributed by atoms with Gasteiger partial charge in [-0.05, 0) is 46.6 Å². The predicted molar refractivity (Wildman–Crippen MR) is 73.1 cm³/mol. The maximum Gasteiger partial charge on any atom is 0.0247 e. The van der Waals surface area contributed by atoms with Gasteiger partial charge in [0.05, 0.1) is 0 Å². The van der Waals surface area contributed by atoms with E-state index in [4.69, 9.17) is 5.73 Å². The zero-order chi connectivity index (χ0) is 12.4. The molecule has 2 heterocycles. The maximum atomic E-state index is 6.16. The Labute approximate surface area is 106 Å². The third-order valence-electron chi connectivity index (χ3n) is 4.59. The predicted octanol–water partition coefficient (Wildman–Crippen LogP) is 1.67. The minimum atomic E-state index is 0.323. The van der Waals surface area contributed by atoms with Crippen molar-refractivity contribution in [1.29, 1.82) is 0 Å². The third kappa shape index (κ3) is 3.01. The number of hydrogen-bond acceptors (Lipinski definition) is 3. The fraction of sp³-hybridized carbons (Fsp3) is 1.00. The van der Waals surface area contributed by atoms with Crippen LogP contribution < -0.4 is 5.73 Å². The summed E-state index contributed by atoms with van der Waals surface area (Å²) in [5.74, 6) is 0. The summed E-state index contributed by atoms with van der Waals surface area (Å²) in [6, 6.07) is 2.40. The van der Waals surface area contributed by atoms with E-state index in [0.29, 0.717) is 18.1 Å². The van der Waals surface area contributed by atoms with Crippen molar-refractivity contribution in [2.45, 2.75) is 70.6 Å². The molecule has 17 heavy (non-hydrogen) atoms. The number of piperidine rings is 1. The van der Waals surface area contributed by atoms with Gasteiger partial charge < -0.3 is 5.73 Å².